The SMILES string of the molecule is O=C(Nc1nc2c(s1)CCCC2)N[C@H](CCO)C(=O)O. The monoisotopic (exact) mass is 299 g/mol. The highest BCUT2D eigenvalue weighted by atomic mass is 32.1. The number of nitrogens with one attached hydrogen (secondary N) is 2. The number of anilines is 1. The number of carboxylic acids is 1. The molecule has 0 aliphatic heterocycles. The molecule has 20 heavy (non-hydrogen) atoms. The van der Waals surface area contributed by atoms with Crippen molar-refractivity contribution in [2.24, 2.45) is 0 Å². The van der Waals surface area contributed by atoms with Crippen molar-refractivity contribution in [2.75, 3.05) is 11.9 Å². The van der Waals surface area contributed by atoms with Gasteiger partial charge in [0.25, 0.3) is 0 Å². The minimum absolute atomic E-state index is 0.0306. The third-order valence-electron chi connectivity index (χ3n) is 3.09. The summed E-state index contributed by atoms with van der Waals surface area (Å²) in [4.78, 5) is 28.1. The zero-order valence-corrected chi connectivity index (χ0v) is 11.7. The molecule has 1 aliphatic rings. The van der Waals surface area contributed by atoms with E-state index in [1.807, 2.05) is 0 Å². The number of carbonyl (C=O) groups excluding carboxylic acids is 1. The van der Waals surface area contributed by atoms with E-state index in [2.05, 4.69) is 15.6 Å². The third kappa shape index (κ3) is 3.67. The number of carbonyl (C=O) groups is 2. The first kappa shape index (κ1) is 14.7. The van der Waals surface area contributed by atoms with Crippen LogP contribution in [0.3, 0.4) is 0 Å². The number of nitrogens with zero attached hydrogens (tertiary/aromatic N) is 1. The summed E-state index contributed by atoms with van der Waals surface area (Å²) in [5, 5.41) is 23.0. The number of carboxylic acid groups (broad SMARTS) is 1. The Hall–Kier alpha value is -1.67. The summed E-state index contributed by atoms with van der Waals surface area (Å²) in [6.07, 6.45) is 4.13. The van der Waals surface area contributed by atoms with Gasteiger partial charge in [-0.2, -0.15) is 0 Å². The van der Waals surface area contributed by atoms with Gasteiger partial charge in [-0.05, 0) is 25.7 Å². The Kier molecular flexibility index (Phi) is 4.91. The number of hydrogen-bond donors (Lipinski definition) is 4. The van der Waals surface area contributed by atoms with Gasteiger partial charge in [-0.3, -0.25) is 5.32 Å². The van der Waals surface area contributed by atoms with Gasteiger partial charge in [-0.1, -0.05) is 0 Å². The predicted molar refractivity (Wildman–Crippen MR) is 74.0 cm³/mol. The molecule has 2 rings (SSSR count). The van der Waals surface area contributed by atoms with Crippen LogP contribution in [0.25, 0.3) is 0 Å². The van der Waals surface area contributed by atoms with Gasteiger partial charge in [-0.25, -0.2) is 14.6 Å². The van der Waals surface area contributed by atoms with Crippen LogP contribution in [-0.4, -0.2) is 39.8 Å². The van der Waals surface area contributed by atoms with Gasteiger partial charge in [0, 0.05) is 17.9 Å². The number of rotatable bonds is 5. The molecule has 0 saturated heterocycles. The fraction of sp³-hybridized carbons (Fsp3) is 0.583. The Morgan fingerprint density at radius 2 is 2.10 bits per heavy atom. The molecule has 1 atom stereocenters. The van der Waals surface area contributed by atoms with Crippen molar-refractivity contribution in [3.05, 3.63) is 10.6 Å². The van der Waals surface area contributed by atoms with E-state index in [1.54, 1.807) is 0 Å². The van der Waals surface area contributed by atoms with Crippen molar-refractivity contribution in [3.8, 4) is 0 Å². The lowest BCUT2D eigenvalue weighted by Gasteiger charge is -2.12. The van der Waals surface area contributed by atoms with Crippen LogP contribution < -0.4 is 10.6 Å². The number of aliphatic carboxylic acids is 1. The standard InChI is InChI=1S/C12H17N3O4S/c16-6-5-8(10(17)18)13-11(19)15-12-14-7-3-1-2-4-9(7)20-12/h8,16H,1-6H2,(H,17,18)(H2,13,14,15,19)/t8-/m1/s1. The summed E-state index contributed by atoms with van der Waals surface area (Å²) in [5.41, 5.74) is 1.03. The maximum absolute atomic E-state index is 11.7. The molecule has 0 unspecified atom stereocenters. The van der Waals surface area contributed by atoms with E-state index in [0.717, 1.165) is 31.4 Å². The van der Waals surface area contributed by atoms with Gasteiger partial charge in [0.2, 0.25) is 0 Å². The van der Waals surface area contributed by atoms with Crippen LogP contribution in [0.4, 0.5) is 9.93 Å². The fourth-order valence-electron chi connectivity index (χ4n) is 2.08. The number of thiazole rings is 1. The van der Waals surface area contributed by atoms with E-state index in [0.29, 0.717) is 5.13 Å². The molecule has 2 amide bonds. The molecule has 1 aromatic heterocycles. The van der Waals surface area contributed by atoms with E-state index in [4.69, 9.17) is 10.2 Å². The highest BCUT2D eigenvalue weighted by molar-refractivity contribution is 7.15. The van der Waals surface area contributed by atoms with E-state index in [9.17, 15) is 9.59 Å². The number of aliphatic hydroxyl groups excluding tert-OH is 1. The molecule has 0 aromatic carbocycles. The number of fused-ring (bicyclic) bond motifs is 1. The van der Waals surface area contributed by atoms with Crippen molar-refractivity contribution >= 4 is 28.5 Å². The summed E-state index contributed by atoms with van der Waals surface area (Å²) < 4.78 is 0. The van der Waals surface area contributed by atoms with Gasteiger partial charge in [-0.15, -0.1) is 11.3 Å². The van der Waals surface area contributed by atoms with E-state index in [-0.39, 0.29) is 13.0 Å². The van der Waals surface area contributed by atoms with Crippen LogP contribution in [0.5, 0.6) is 0 Å². The molecule has 1 heterocycles. The lowest BCUT2D eigenvalue weighted by molar-refractivity contribution is -0.139. The van der Waals surface area contributed by atoms with Crippen LogP contribution >= 0.6 is 11.3 Å². The first-order valence-corrected chi connectivity index (χ1v) is 7.31. The zero-order valence-electron chi connectivity index (χ0n) is 10.9. The maximum atomic E-state index is 11.7. The normalized spacial score (nSPS) is 15.2. The summed E-state index contributed by atoms with van der Waals surface area (Å²) in [6, 6.07) is -1.72. The van der Waals surface area contributed by atoms with Crippen LogP contribution in [0.15, 0.2) is 0 Å². The molecule has 0 fully saturated rings. The fourth-order valence-corrected chi connectivity index (χ4v) is 3.13. The summed E-state index contributed by atoms with van der Waals surface area (Å²) in [7, 11) is 0. The second kappa shape index (κ2) is 6.67. The number of aromatic nitrogens is 1. The van der Waals surface area contributed by atoms with E-state index in [1.165, 1.54) is 16.2 Å². The Morgan fingerprint density at radius 1 is 1.35 bits per heavy atom. The number of amides is 2. The quantitative estimate of drug-likeness (QED) is 0.647. The molecular formula is C12H17N3O4S. The molecule has 0 saturated carbocycles. The van der Waals surface area contributed by atoms with Crippen LogP contribution in [0.2, 0.25) is 0 Å². The topological polar surface area (TPSA) is 112 Å². The average molecular weight is 299 g/mol. The van der Waals surface area contributed by atoms with Crippen LogP contribution in [0, 0.1) is 0 Å². The minimum Gasteiger partial charge on any atom is -0.480 e. The maximum Gasteiger partial charge on any atom is 0.326 e. The van der Waals surface area contributed by atoms with Crippen LogP contribution in [-0.2, 0) is 17.6 Å². The predicted octanol–water partition coefficient (Wildman–Crippen LogP) is 0.979. The minimum atomic E-state index is -1.17. The van der Waals surface area contributed by atoms with Gasteiger partial charge in [0.1, 0.15) is 6.04 Å². The Morgan fingerprint density at radius 3 is 2.75 bits per heavy atom. The number of hydrogen-bond acceptors (Lipinski definition) is 5. The molecule has 110 valence electrons. The highest BCUT2D eigenvalue weighted by Crippen LogP contribution is 2.29. The molecule has 8 heteroatoms. The average Bonchev–Trinajstić information content (AvgIpc) is 2.79. The van der Waals surface area contributed by atoms with E-state index < -0.39 is 18.0 Å². The van der Waals surface area contributed by atoms with E-state index >= 15 is 0 Å². The molecule has 1 aliphatic carbocycles. The lowest BCUT2D eigenvalue weighted by atomic mass is 10.0. The molecule has 0 radical (unpaired) electrons. The summed E-state index contributed by atoms with van der Waals surface area (Å²) in [5.74, 6) is -1.17. The number of aryl methyl sites for hydroxylation is 2. The van der Waals surface area contributed by atoms with Gasteiger partial charge in [0.05, 0.1) is 5.69 Å². The lowest BCUT2D eigenvalue weighted by Crippen LogP contribution is -2.43. The molecular weight excluding hydrogens is 282 g/mol. The molecule has 4 N–H and O–H groups in total. The highest BCUT2D eigenvalue weighted by Gasteiger charge is 2.21. The smallest absolute Gasteiger partial charge is 0.326 e. The first-order valence-electron chi connectivity index (χ1n) is 6.50. The van der Waals surface area contributed by atoms with Crippen molar-refractivity contribution < 1.29 is 19.8 Å². The number of aliphatic hydroxyl groups is 1. The Bertz CT molecular complexity index is 479. The Balaban J connectivity index is 1.93. The van der Waals surface area contributed by atoms with Gasteiger partial charge < -0.3 is 15.5 Å². The van der Waals surface area contributed by atoms with Crippen molar-refractivity contribution in [3.63, 3.8) is 0 Å². The van der Waals surface area contributed by atoms with Crippen molar-refractivity contribution in [2.45, 2.75) is 38.1 Å². The Labute approximate surface area is 120 Å². The summed E-state index contributed by atoms with van der Waals surface area (Å²) in [6.45, 7) is -0.303. The molecule has 0 bridgehead atoms. The van der Waals surface area contributed by atoms with Crippen molar-refractivity contribution in [1.29, 1.82) is 0 Å². The third-order valence-corrected chi connectivity index (χ3v) is 4.16. The van der Waals surface area contributed by atoms with Gasteiger partial charge >= 0.3 is 12.0 Å². The second-order valence-corrected chi connectivity index (χ2v) is 5.68. The zero-order chi connectivity index (χ0) is 14.5. The molecule has 1 aromatic rings. The summed E-state index contributed by atoms with van der Waals surface area (Å²) >= 11 is 1.43. The van der Waals surface area contributed by atoms with Crippen LogP contribution in [0.1, 0.15) is 29.8 Å². The second-order valence-electron chi connectivity index (χ2n) is 4.60. The molecule has 7 nitrogen and oxygen atoms in total. The number of urea groups is 1. The van der Waals surface area contributed by atoms with Gasteiger partial charge in [0.15, 0.2) is 5.13 Å². The van der Waals surface area contributed by atoms with Crippen molar-refractivity contribution in [1.82, 2.24) is 10.3 Å². The first-order chi connectivity index (χ1) is 9.60. The largest absolute Gasteiger partial charge is 0.480 e. The molecule has 0 spiro atoms.